The summed E-state index contributed by atoms with van der Waals surface area (Å²) in [4.78, 5) is 12.0. The molecule has 0 spiro atoms. The molecule has 4 unspecified atom stereocenters. The molecule has 0 aliphatic heterocycles. The number of nitrogens with two attached hydrogens (primary N) is 1. The van der Waals surface area contributed by atoms with Crippen molar-refractivity contribution < 1.29 is 4.79 Å². The molecule has 1 amide bonds. The third-order valence-electron chi connectivity index (χ3n) is 4.42. The minimum Gasteiger partial charge on any atom is -0.353 e. The quantitative estimate of drug-likeness (QED) is 0.805. The third kappa shape index (κ3) is 5.52. The Bertz CT molecular complexity index is 296. The van der Waals surface area contributed by atoms with Crippen molar-refractivity contribution in [2.75, 3.05) is 0 Å². The predicted molar refractivity (Wildman–Crippen MR) is 80.8 cm³/mol. The van der Waals surface area contributed by atoms with Gasteiger partial charge in [-0.25, -0.2) is 0 Å². The zero-order valence-electron chi connectivity index (χ0n) is 13.3. The molecule has 1 rings (SSSR count). The van der Waals surface area contributed by atoms with Crippen LogP contribution >= 0.6 is 0 Å². The molecule has 1 aliphatic carbocycles. The van der Waals surface area contributed by atoms with Gasteiger partial charge in [0.05, 0.1) is 0 Å². The zero-order valence-corrected chi connectivity index (χ0v) is 13.3. The van der Waals surface area contributed by atoms with Crippen molar-refractivity contribution in [1.82, 2.24) is 5.32 Å². The van der Waals surface area contributed by atoms with E-state index in [9.17, 15) is 4.79 Å². The molecular weight excluding hydrogens is 236 g/mol. The molecule has 4 atom stereocenters. The van der Waals surface area contributed by atoms with Crippen molar-refractivity contribution in [1.29, 1.82) is 0 Å². The summed E-state index contributed by atoms with van der Waals surface area (Å²) in [6, 6.07) is 0.331. The Labute approximate surface area is 118 Å². The first-order valence-corrected chi connectivity index (χ1v) is 7.78. The molecule has 0 heterocycles. The van der Waals surface area contributed by atoms with Gasteiger partial charge in [-0.1, -0.05) is 41.0 Å². The van der Waals surface area contributed by atoms with E-state index in [1.165, 1.54) is 12.8 Å². The highest BCUT2D eigenvalue weighted by molar-refractivity contribution is 5.76. The molecule has 3 heteroatoms. The molecule has 1 fully saturated rings. The van der Waals surface area contributed by atoms with E-state index in [0.29, 0.717) is 18.4 Å². The van der Waals surface area contributed by atoms with Crippen LogP contribution in [0.2, 0.25) is 0 Å². The summed E-state index contributed by atoms with van der Waals surface area (Å²) in [5.41, 5.74) is 6.25. The van der Waals surface area contributed by atoms with E-state index < -0.39 is 0 Å². The highest BCUT2D eigenvalue weighted by Crippen LogP contribution is 2.33. The molecule has 0 radical (unpaired) electrons. The number of amides is 1. The molecule has 3 nitrogen and oxygen atoms in total. The van der Waals surface area contributed by atoms with E-state index in [0.717, 1.165) is 18.8 Å². The molecule has 3 N–H and O–H groups in total. The lowest BCUT2D eigenvalue weighted by Gasteiger charge is -2.25. The number of carbonyl (C=O) groups excluding carboxylic acids is 1. The van der Waals surface area contributed by atoms with E-state index in [2.05, 4.69) is 39.9 Å². The maximum Gasteiger partial charge on any atom is 0.221 e. The van der Waals surface area contributed by atoms with Crippen molar-refractivity contribution in [3.05, 3.63) is 0 Å². The SMILES string of the molecule is CCC1CCC(NC(=O)CC(N)CC(C)(C)C)C1C. The molecule has 1 aliphatic rings. The van der Waals surface area contributed by atoms with Crippen LogP contribution in [0.15, 0.2) is 0 Å². The van der Waals surface area contributed by atoms with Crippen LogP contribution < -0.4 is 11.1 Å². The lowest BCUT2D eigenvalue weighted by molar-refractivity contribution is -0.122. The number of hydrogen-bond acceptors (Lipinski definition) is 2. The lowest BCUT2D eigenvalue weighted by Crippen LogP contribution is -2.41. The van der Waals surface area contributed by atoms with Gasteiger partial charge in [-0.2, -0.15) is 0 Å². The summed E-state index contributed by atoms with van der Waals surface area (Å²) in [7, 11) is 0. The van der Waals surface area contributed by atoms with Gasteiger partial charge in [0.2, 0.25) is 5.91 Å². The van der Waals surface area contributed by atoms with Gasteiger partial charge >= 0.3 is 0 Å². The third-order valence-corrected chi connectivity index (χ3v) is 4.42. The average Bonchev–Trinajstić information content (AvgIpc) is 2.56. The van der Waals surface area contributed by atoms with Gasteiger partial charge < -0.3 is 11.1 Å². The Morgan fingerprint density at radius 1 is 1.37 bits per heavy atom. The molecule has 19 heavy (non-hydrogen) atoms. The largest absolute Gasteiger partial charge is 0.353 e. The normalized spacial score (nSPS) is 29.3. The number of nitrogens with one attached hydrogen (secondary N) is 1. The molecular formula is C16H32N2O. The second-order valence-corrected chi connectivity index (χ2v) is 7.51. The minimum atomic E-state index is -0.0290. The zero-order chi connectivity index (χ0) is 14.6. The van der Waals surface area contributed by atoms with Crippen LogP contribution in [0.5, 0.6) is 0 Å². The van der Waals surface area contributed by atoms with Gasteiger partial charge in [-0.3, -0.25) is 4.79 Å². The van der Waals surface area contributed by atoms with Crippen LogP contribution in [-0.2, 0) is 4.79 Å². The standard InChI is InChI=1S/C16H32N2O/c1-6-12-7-8-14(11(12)2)18-15(19)9-13(17)10-16(3,4)5/h11-14H,6-10,17H2,1-5H3,(H,18,19). The Balaban J connectivity index is 2.36. The van der Waals surface area contributed by atoms with Crippen LogP contribution in [0, 0.1) is 17.3 Å². The van der Waals surface area contributed by atoms with E-state index >= 15 is 0 Å². The molecule has 112 valence electrons. The van der Waals surface area contributed by atoms with Gasteiger partial charge in [0.15, 0.2) is 0 Å². The molecule has 0 saturated heterocycles. The Morgan fingerprint density at radius 2 is 2.00 bits per heavy atom. The van der Waals surface area contributed by atoms with Gasteiger partial charge in [0.1, 0.15) is 0 Å². The summed E-state index contributed by atoms with van der Waals surface area (Å²) in [6.07, 6.45) is 4.93. The highest BCUT2D eigenvalue weighted by Gasteiger charge is 2.32. The van der Waals surface area contributed by atoms with Crippen molar-refractivity contribution in [2.24, 2.45) is 23.0 Å². The topological polar surface area (TPSA) is 55.1 Å². The summed E-state index contributed by atoms with van der Waals surface area (Å²) in [5, 5.41) is 3.19. The fraction of sp³-hybridized carbons (Fsp3) is 0.938. The van der Waals surface area contributed by atoms with Crippen LogP contribution in [0.3, 0.4) is 0 Å². The van der Waals surface area contributed by atoms with Gasteiger partial charge in [0, 0.05) is 18.5 Å². The highest BCUT2D eigenvalue weighted by atomic mass is 16.1. The molecule has 0 aromatic carbocycles. The van der Waals surface area contributed by atoms with E-state index in [4.69, 9.17) is 5.73 Å². The smallest absolute Gasteiger partial charge is 0.221 e. The molecule has 0 bridgehead atoms. The van der Waals surface area contributed by atoms with Crippen LogP contribution in [-0.4, -0.2) is 18.0 Å². The minimum absolute atomic E-state index is 0.0290. The summed E-state index contributed by atoms with van der Waals surface area (Å²) >= 11 is 0. The van der Waals surface area contributed by atoms with Gasteiger partial charge in [-0.05, 0) is 36.5 Å². The van der Waals surface area contributed by atoms with Crippen LogP contribution in [0.4, 0.5) is 0 Å². The fourth-order valence-corrected chi connectivity index (χ4v) is 3.39. The maximum atomic E-state index is 12.0. The summed E-state index contributed by atoms with van der Waals surface area (Å²) in [5.74, 6) is 1.51. The fourth-order valence-electron chi connectivity index (χ4n) is 3.39. The van der Waals surface area contributed by atoms with Crippen LogP contribution in [0.25, 0.3) is 0 Å². The van der Waals surface area contributed by atoms with Crippen molar-refractivity contribution in [2.45, 2.75) is 78.8 Å². The van der Waals surface area contributed by atoms with E-state index in [1.54, 1.807) is 0 Å². The van der Waals surface area contributed by atoms with Crippen molar-refractivity contribution >= 4 is 5.91 Å². The van der Waals surface area contributed by atoms with Crippen LogP contribution in [0.1, 0.15) is 66.7 Å². The Morgan fingerprint density at radius 3 is 2.47 bits per heavy atom. The summed E-state index contributed by atoms with van der Waals surface area (Å²) < 4.78 is 0. The maximum absolute atomic E-state index is 12.0. The predicted octanol–water partition coefficient (Wildman–Crippen LogP) is 3.08. The number of hydrogen-bond donors (Lipinski definition) is 2. The monoisotopic (exact) mass is 268 g/mol. The van der Waals surface area contributed by atoms with Crippen molar-refractivity contribution in [3.63, 3.8) is 0 Å². The first kappa shape index (κ1) is 16.5. The Hall–Kier alpha value is -0.570. The average molecular weight is 268 g/mol. The first-order valence-electron chi connectivity index (χ1n) is 7.78. The van der Waals surface area contributed by atoms with E-state index in [-0.39, 0.29) is 17.4 Å². The van der Waals surface area contributed by atoms with Gasteiger partial charge in [-0.15, -0.1) is 0 Å². The summed E-state index contributed by atoms with van der Waals surface area (Å²) in [6.45, 7) is 11.0. The number of carbonyl (C=O) groups is 1. The number of rotatable bonds is 5. The molecule has 0 aromatic heterocycles. The second-order valence-electron chi connectivity index (χ2n) is 7.51. The molecule has 1 saturated carbocycles. The first-order chi connectivity index (χ1) is 8.73. The lowest BCUT2D eigenvalue weighted by atomic mass is 9.87. The van der Waals surface area contributed by atoms with E-state index in [1.807, 2.05) is 0 Å². The second kappa shape index (κ2) is 6.74. The Kier molecular flexibility index (Phi) is 5.84. The molecule has 0 aromatic rings. The van der Waals surface area contributed by atoms with Crippen molar-refractivity contribution in [3.8, 4) is 0 Å². The van der Waals surface area contributed by atoms with Gasteiger partial charge in [0.25, 0.3) is 0 Å².